The number of hydrogen-bond acceptors (Lipinski definition) is 3. The van der Waals surface area contributed by atoms with Crippen molar-refractivity contribution in [2.24, 2.45) is 0 Å². The number of nitrogens with zero attached hydrogens (tertiary/aromatic N) is 1. The maximum Gasteiger partial charge on any atom is 0.471 e. The van der Waals surface area contributed by atoms with Gasteiger partial charge in [0.05, 0.1) is 6.54 Å². The van der Waals surface area contributed by atoms with Crippen LogP contribution >= 0.6 is 0 Å². The fourth-order valence-electron chi connectivity index (χ4n) is 2.23. The molecule has 0 aromatic heterocycles. The highest BCUT2D eigenvalue weighted by Crippen LogP contribution is 2.39. The Morgan fingerprint density at radius 1 is 1.30 bits per heavy atom. The van der Waals surface area contributed by atoms with E-state index in [0.717, 1.165) is 5.56 Å². The van der Waals surface area contributed by atoms with Gasteiger partial charge < -0.3 is 14.4 Å². The van der Waals surface area contributed by atoms with Gasteiger partial charge in [-0.25, -0.2) is 0 Å². The normalized spacial score (nSPS) is 15.1. The number of benzene rings is 1. The molecule has 124 valence electrons. The molecule has 1 heterocycles. The molecule has 0 saturated carbocycles. The Kier molecular flexibility index (Phi) is 4.46. The van der Waals surface area contributed by atoms with Crippen molar-refractivity contribution in [3.05, 3.63) is 23.8 Å². The molecule has 23 heavy (non-hydrogen) atoms. The van der Waals surface area contributed by atoms with Crippen LogP contribution in [0.3, 0.4) is 0 Å². The van der Waals surface area contributed by atoms with Crippen molar-refractivity contribution in [2.45, 2.75) is 32.2 Å². The first-order chi connectivity index (χ1) is 10.6. The second-order valence-electron chi connectivity index (χ2n) is 5.56. The Balaban J connectivity index is 2.05. The number of amides is 1. The lowest BCUT2D eigenvalue weighted by atomic mass is 10.1. The summed E-state index contributed by atoms with van der Waals surface area (Å²) in [7, 11) is 0. The second kappa shape index (κ2) is 6.03. The van der Waals surface area contributed by atoms with E-state index < -0.39 is 24.4 Å². The van der Waals surface area contributed by atoms with Crippen LogP contribution in [0, 0.1) is 12.3 Å². The standard InChI is InChI=1S/C16H16F3NO3/c1-4-8-20(14(21)16(17,18)19)9-7-11-5-6-12-13(10-11)23-15(2,3)22-12/h1,5-6,10H,7-9H2,2-3H3. The van der Waals surface area contributed by atoms with E-state index in [1.165, 1.54) is 0 Å². The fraction of sp³-hybridized carbons (Fsp3) is 0.438. The number of carbonyl (C=O) groups excluding carboxylic acids is 1. The minimum absolute atomic E-state index is 0.133. The Hall–Kier alpha value is -2.36. The molecule has 1 aliphatic heterocycles. The van der Waals surface area contributed by atoms with Crippen LogP contribution in [0.1, 0.15) is 19.4 Å². The number of fused-ring (bicyclic) bond motifs is 1. The van der Waals surface area contributed by atoms with E-state index in [4.69, 9.17) is 15.9 Å². The van der Waals surface area contributed by atoms with Gasteiger partial charge in [-0.3, -0.25) is 4.79 Å². The predicted octanol–water partition coefficient (Wildman–Crippen LogP) is 2.76. The van der Waals surface area contributed by atoms with Crippen LogP contribution in [-0.2, 0) is 11.2 Å². The summed E-state index contributed by atoms with van der Waals surface area (Å²) >= 11 is 0. The van der Waals surface area contributed by atoms with Crippen LogP contribution in [0.25, 0.3) is 0 Å². The molecule has 1 aliphatic rings. The van der Waals surface area contributed by atoms with Gasteiger partial charge in [-0.15, -0.1) is 6.42 Å². The molecule has 0 N–H and O–H groups in total. The van der Waals surface area contributed by atoms with E-state index in [0.29, 0.717) is 16.4 Å². The van der Waals surface area contributed by atoms with Crippen molar-refractivity contribution in [1.29, 1.82) is 0 Å². The van der Waals surface area contributed by atoms with Gasteiger partial charge in [0.2, 0.25) is 5.79 Å². The SMILES string of the molecule is C#CCN(CCc1ccc2c(c1)OC(C)(C)O2)C(=O)C(F)(F)F. The lowest BCUT2D eigenvalue weighted by Gasteiger charge is -2.21. The van der Waals surface area contributed by atoms with E-state index in [-0.39, 0.29) is 13.0 Å². The third-order valence-electron chi connectivity index (χ3n) is 3.20. The number of hydrogen-bond donors (Lipinski definition) is 0. The highest BCUT2D eigenvalue weighted by atomic mass is 19.4. The lowest BCUT2D eigenvalue weighted by Crippen LogP contribution is -2.42. The van der Waals surface area contributed by atoms with E-state index in [9.17, 15) is 18.0 Å². The Bertz CT molecular complexity index is 647. The molecule has 0 spiro atoms. The smallest absolute Gasteiger partial charge is 0.449 e. The van der Waals surface area contributed by atoms with E-state index in [1.807, 2.05) is 0 Å². The maximum atomic E-state index is 12.5. The summed E-state index contributed by atoms with van der Waals surface area (Å²) in [5.41, 5.74) is 0.724. The molecule has 0 bridgehead atoms. The van der Waals surface area contributed by atoms with Crippen LogP contribution in [0.5, 0.6) is 11.5 Å². The number of halogens is 3. The summed E-state index contributed by atoms with van der Waals surface area (Å²) in [6, 6.07) is 5.10. The second-order valence-corrected chi connectivity index (χ2v) is 5.56. The van der Waals surface area contributed by atoms with E-state index in [1.54, 1.807) is 32.0 Å². The maximum absolute atomic E-state index is 12.5. The Morgan fingerprint density at radius 3 is 2.57 bits per heavy atom. The average Bonchev–Trinajstić information content (AvgIpc) is 2.74. The molecule has 0 atom stereocenters. The molecule has 0 fully saturated rings. The third kappa shape index (κ3) is 4.09. The van der Waals surface area contributed by atoms with Gasteiger partial charge in [0.15, 0.2) is 11.5 Å². The fourth-order valence-corrected chi connectivity index (χ4v) is 2.23. The first kappa shape index (κ1) is 17.0. The van der Waals surface area contributed by atoms with Crippen LogP contribution in [0.2, 0.25) is 0 Å². The van der Waals surface area contributed by atoms with E-state index >= 15 is 0 Å². The molecule has 0 radical (unpaired) electrons. The molecular formula is C16H16F3NO3. The molecule has 0 saturated heterocycles. The average molecular weight is 327 g/mol. The van der Waals surface area contributed by atoms with Gasteiger partial charge >= 0.3 is 12.1 Å². The number of carbonyl (C=O) groups is 1. The monoisotopic (exact) mass is 327 g/mol. The quantitative estimate of drug-likeness (QED) is 0.798. The van der Waals surface area contributed by atoms with Crippen LogP contribution in [0.15, 0.2) is 18.2 Å². The van der Waals surface area contributed by atoms with Gasteiger partial charge in [0.25, 0.3) is 0 Å². The molecule has 1 aromatic rings. The Labute approximate surface area is 132 Å². The minimum Gasteiger partial charge on any atom is -0.449 e. The molecule has 7 heteroatoms. The Morgan fingerprint density at radius 2 is 1.96 bits per heavy atom. The molecule has 1 amide bonds. The van der Waals surface area contributed by atoms with Crippen molar-refractivity contribution >= 4 is 5.91 Å². The summed E-state index contributed by atoms with van der Waals surface area (Å²) in [4.78, 5) is 11.9. The molecule has 0 aliphatic carbocycles. The van der Waals surface area contributed by atoms with Crippen LogP contribution < -0.4 is 9.47 Å². The summed E-state index contributed by atoms with van der Waals surface area (Å²) in [6.07, 6.45) is 0.323. The molecule has 1 aromatic carbocycles. The summed E-state index contributed by atoms with van der Waals surface area (Å²) in [5.74, 6) is 0.462. The molecule has 2 rings (SSSR count). The zero-order chi connectivity index (χ0) is 17.3. The first-order valence-electron chi connectivity index (χ1n) is 6.93. The van der Waals surface area contributed by atoms with Gasteiger partial charge in [-0.2, -0.15) is 13.2 Å². The highest BCUT2D eigenvalue weighted by Gasteiger charge is 2.42. The molecular weight excluding hydrogens is 311 g/mol. The highest BCUT2D eigenvalue weighted by molar-refractivity contribution is 5.82. The van der Waals surface area contributed by atoms with Crippen molar-refractivity contribution < 1.29 is 27.4 Å². The summed E-state index contributed by atoms with van der Waals surface area (Å²) in [6.45, 7) is 2.98. The number of rotatable bonds is 4. The zero-order valence-electron chi connectivity index (χ0n) is 12.7. The van der Waals surface area contributed by atoms with Gasteiger partial charge in [-0.1, -0.05) is 12.0 Å². The first-order valence-corrected chi connectivity index (χ1v) is 6.93. The van der Waals surface area contributed by atoms with Gasteiger partial charge in [0, 0.05) is 20.4 Å². The molecule has 4 nitrogen and oxygen atoms in total. The topological polar surface area (TPSA) is 38.8 Å². The van der Waals surface area contributed by atoms with Crippen LogP contribution in [0.4, 0.5) is 13.2 Å². The van der Waals surface area contributed by atoms with Crippen molar-refractivity contribution in [3.8, 4) is 23.8 Å². The minimum atomic E-state index is -4.93. The van der Waals surface area contributed by atoms with Crippen molar-refractivity contribution in [3.63, 3.8) is 0 Å². The molecule has 0 unspecified atom stereocenters. The number of alkyl halides is 3. The number of ether oxygens (including phenoxy) is 2. The van der Waals surface area contributed by atoms with E-state index in [2.05, 4.69) is 5.92 Å². The zero-order valence-corrected chi connectivity index (χ0v) is 12.7. The lowest BCUT2D eigenvalue weighted by molar-refractivity contribution is -0.184. The predicted molar refractivity (Wildman–Crippen MR) is 76.9 cm³/mol. The largest absolute Gasteiger partial charge is 0.471 e. The van der Waals surface area contributed by atoms with Gasteiger partial charge in [-0.05, 0) is 24.1 Å². The van der Waals surface area contributed by atoms with Crippen LogP contribution in [-0.4, -0.2) is 35.9 Å². The third-order valence-corrected chi connectivity index (χ3v) is 3.20. The van der Waals surface area contributed by atoms with Crippen molar-refractivity contribution in [2.75, 3.05) is 13.1 Å². The summed E-state index contributed by atoms with van der Waals surface area (Å²) < 4.78 is 48.7. The van der Waals surface area contributed by atoms with Crippen molar-refractivity contribution in [1.82, 2.24) is 4.90 Å². The number of terminal acetylenes is 1. The van der Waals surface area contributed by atoms with Gasteiger partial charge in [0.1, 0.15) is 0 Å². The summed E-state index contributed by atoms with van der Waals surface area (Å²) in [5, 5.41) is 0.